The zero-order valence-electron chi connectivity index (χ0n) is 15.2. The predicted octanol–water partition coefficient (Wildman–Crippen LogP) is 1.77. The van der Waals surface area contributed by atoms with Crippen LogP contribution in [0.25, 0.3) is 0 Å². The third kappa shape index (κ3) is 6.09. The number of nitrogens with zero attached hydrogens (tertiary/aromatic N) is 1. The van der Waals surface area contributed by atoms with Crippen molar-refractivity contribution >= 4 is 17.6 Å². The van der Waals surface area contributed by atoms with Gasteiger partial charge in [-0.05, 0) is 31.4 Å². The van der Waals surface area contributed by atoms with Crippen molar-refractivity contribution in [3.63, 3.8) is 0 Å². The van der Waals surface area contributed by atoms with Crippen molar-refractivity contribution < 1.29 is 23.2 Å². The van der Waals surface area contributed by atoms with Gasteiger partial charge in [0.2, 0.25) is 11.8 Å². The molecule has 1 fully saturated rings. The number of ketones is 1. The van der Waals surface area contributed by atoms with E-state index in [1.165, 1.54) is 0 Å². The average Bonchev–Trinajstić information content (AvgIpc) is 2.64. The van der Waals surface area contributed by atoms with Crippen LogP contribution in [0.2, 0.25) is 0 Å². The normalized spacial score (nSPS) is 16.9. The number of nitrogens with two attached hydrogens (primary N) is 1. The van der Waals surface area contributed by atoms with Crippen molar-refractivity contribution in [2.45, 2.75) is 44.6 Å². The van der Waals surface area contributed by atoms with Gasteiger partial charge in [0, 0.05) is 51.0 Å². The van der Waals surface area contributed by atoms with Gasteiger partial charge in [-0.1, -0.05) is 0 Å². The standard InChI is InChI=1S/C19H25F2N3O3/c20-13-4-5-15(16(21)11-13)17(25)6-7-19(27)24-10-2-1-3-14(24)12-23-18(26)8-9-22/h4-5,11,14H,1-3,6-10,12,22H2,(H,23,26). The number of nitrogens with one attached hydrogen (secondary N) is 1. The van der Waals surface area contributed by atoms with Gasteiger partial charge in [-0.3, -0.25) is 14.4 Å². The highest BCUT2D eigenvalue weighted by Crippen LogP contribution is 2.19. The van der Waals surface area contributed by atoms with Gasteiger partial charge in [0.1, 0.15) is 11.6 Å². The summed E-state index contributed by atoms with van der Waals surface area (Å²) in [5.41, 5.74) is 5.13. The molecular weight excluding hydrogens is 356 g/mol. The first-order chi connectivity index (χ1) is 12.9. The van der Waals surface area contributed by atoms with Crippen LogP contribution in [0.5, 0.6) is 0 Å². The minimum atomic E-state index is -0.925. The summed E-state index contributed by atoms with van der Waals surface area (Å²) in [7, 11) is 0. The van der Waals surface area contributed by atoms with Gasteiger partial charge in [-0.15, -0.1) is 0 Å². The minimum Gasteiger partial charge on any atom is -0.354 e. The number of amides is 2. The van der Waals surface area contributed by atoms with E-state index in [2.05, 4.69) is 5.32 Å². The summed E-state index contributed by atoms with van der Waals surface area (Å²) >= 11 is 0. The SMILES string of the molecule is NCCC(=O)NCC1CCCCN1C(=O)CCC(=O)c1ccc(F)cc1F. The van der Waals surface area contributed by atoms with Gasteiger partial charge in [-0.2, -0.15) is 0 Å². The highest BCUT2D eigenvalue weighted by molar-refractivity contribution is 5.98. The molecule has 2 rings (SSSR count). The molecule has 0 saturated carbocycles. The van der Waals surface area contributed by atoms with Crippen LogP contribution >= 0.6 is 0 Å². The van der Waals surface area contributed by atoms with Crippen LogP contribution in [-0.2, 0) is 9.59 Å². The molecule has 0 spiro atoms. The molecule has 0 radical (unpaired) electrons. The minimum absolute atomic E-state index is 0.0527. The van der Waals surface area contributed by atoms with Crippen LogP contribution in [0.15, 0.2) is 18.2 Å². The number of piperidine rings is 1. The summed E-state index contributed by atoms with van der Waals surface area (Å²) in [6, 6.07) is 2.64. The lowest BCUT2D eigenvalue weighted by Gasteiger charge is -2.36. The maximum Gasteiger partial charge on any atom is 0.223 e. The smallest absolute Gasteiger partial charge is 0.223 e. The van der Waals surface area contributed by atoms with Gasteiger partial charge in [0.25, 0.3) is 0 Å². The van der Waals surface area contributed by atoms with Crippen molar-refractivity contribution in [3.05, 3.63) is 35.4 Å². The summed E-state index contributed by atoms with van der Waals surface area (Å²) < 4.78 is 26.6. The Bertz CT molecular complexity index is 697. The molecule has 1 aliphatic rings. The van der Waals surface area contributed by atoms with Crippen LogP contribution < -0.4 is 11.1 Å². The van der Waals surface area contributed by atoms with Gasteiger partial charge >= 0.3 is 0 Å². The Hall–Kier alpha value is -2.35. The van der Waals surface area contributed by atoms with Crippen molar-refractivity contribution in [2.24, 2.45) is 5.73 Å². The number of benzene rings is 1. The third-order valence-electron chi connectivity index (χ3n) is 4.65. The molecule has 3 N–H and O–H groups in total. The molecule has 8 heteroatoms. The Morgan fingerprint density at radius 3 is 2.63 bits per heavy atom. The largest absolute Gasteiger partial charge is 0.354 e. The highest BCUT2D eigenvalue weighted by atomic mass is 19.1. The zero-order valence-corrected chi connectivity index (χ0v) is 15.2. The molecule has 1 unspecified atom stereocenters. The van der Waals surface area contributed by atoms with Crippen molar-refractivity contribution in [3.8, 4) is 0 Å². The maximum atomic E-state index is 13.7. The monoisotopic (exact) mass is 381 g/mol. The molecule has 1 atom stereocenters. The fourth-order valence-electron chi connectivity index (χ4n) is 3.21. The Morgan fingerprint density at radius 2 is 1.93 bits per heavy atom. The summed E-state index contributed by atoms with van der Waals surface area (Å²) in [6.07, 6.45) is 2.63. The van der Waals surface area contributed by atoms with Crippen molar-refractivity contribution in [2.75, 3.05) is 19.6 Å². The zero-order chi connectivity index (χ0) is 19.8. The van der Waals surface area contributed by atoms with E-state index in [4.69, 9.17) is 5.73 Å². The van der Waals surface area contributed by atoms with Crippen LogP contribution in [-0.4, -0.2) is 48.2 Å². The molecule has 1 heterocycles. The molecule has 1 aliphatic heterocycles. The quantitative estimate of drug-likeness (QED) is 0.672. The summed E-state index contributed by atoms with van der Waals surface area (Å²) in [6.45, 7) is 1.18. The van der Waals surface area contributed by atoms with Gasteiger partial charge in [-0.25, -0.2) is 8.78 Å². The molecule has 1 aromatic carbocycles. The lowest BCUT2D eigenvalue weighted by atomic mass is 10.00. The Kier molecular flexibility index (Phi) is 7.84. The van der Waals surface area contributed by atoms with E-state index in [-0.39, 0.29) is 49.2 Å². The lowest BCUT2D eigenvalue weighted by Crippen LogP contribution is -2.49. The average molecular weight is 381 g/mol. The molecule has 1 aromatic rings. The van der Waals surface area contributed by atoms with E-state index in [1.54, 1.807) is 4.90 Å². The molecule has 0 aliphatic carbocycles. The third-order valence-corrected chi connectivity index (χ3v) is 4.65. The fraction of sp³-hybridized carbons (Fsp3) is 0.526. The maximum absolute atomic E-state index is 13.7. The first kappa shape index (κ1) is 21.0. The number of carbonyl (C=O) groups is 3. The second-order valence-corrected chi connectivity index (χ2v) is 6.63. The second-order valence-electron chi connectivity index (χ2n) is 6.63. The van der Waals surface area contributed by atoms with Gasteiger partial charge in [0.05, 0.1) is 5.56 Å². The van der Waals surface area contributed by atoms with Crippen LogP contribution in [0.1, 0.15) is 48.9 Å². The van der Waals surface area contributed by atoms with Crippen molar-refractivity contribution in [1.82, 2.24) is 10.2 Å². The number of Topliss-reactive ketones (excluding diaryl/α,β-unsaturated/α-hetero) is 1. The fourth-order valence-corrected chi connectivity index (χ4v) is 3.21. The summed E-state index contributed by atoms with van der Waals surface area (Å²) in [5, 5.41) is 2.78. The first-order valence-electron chi connectivity index (χ1n) is 9.17. The van der Waals surface area contributed by atoms with E-state index in [0.717, 1.165) is 31.4 Å². The molecule has 148 valence electrons. The summed E-state index contributed by atoms with van der Waals surface area (Å²) in [5.74, 6) is -2.58. The number of rotatable bonds is 8. The predicted molar refractivity (Wildman–Crippen MR) is 96.0 cm³/mol. The number of halogens is 2. The highest BCUT2D eigenvalue weighted by Gasteiger charge is 2.27. The number of hydrogen-bond donors (Lipinski definition) is 2. The van der Waals surface area contributed by atoms with Gasteiger partial charge in [0.15, 0.2) is 5.78 Å². The number of likely N-dealkylation sites (tertiary alicyclic amines) is 1. The second kappa shape index (κ2) is 10.1. The topological polar surface area (TPSA) is 92.5 Å². The van der Waals surface area contributed by atoms with Crippen molar-refractivity contribution in [1.29, 1.82) is 0 Å². The first-order valence-corrected chi connectivity index (χ1v) is 9.17. The van der Waals surface area contributed by atoms with E-state index in [1.807, 2.05) is 0 Å². The van der Waals surface area contributed by atoms with Crippen LogP contribution in [0.4, 0.5) is 8.78 Å². The summed E-state index contributed by atoms with van der Waals surface area (Å²) in [4.78, 5) is 37.9. The molecule has 1 saturated heterocycles. The Balaban J connectivity index is 1.90. The molecular formula is C19H25F2N3O3. The van der Waals surface area contributed by atoms with Gasteiger partial charge < -0.3 is 16.0 Å². The van der Waals surface area contributed by atoms with Crippen LogP contribution in [0, 0.1) is 11.6 Å². The van der Waals surface area contributed by atoms with E-state index in [9.17, 15) is 23.2 Å². The molecule has 6 nitrogen and oxygen atoms in total. The van der Waals surface area contributed by atoms with Crippen LogP contribution in [0.3, 0.4) is 0 Å². The molecule has 27 heavy (non-hydrogen) atoms. The number of hydrogen-bond acceptors (Lipinski definition) is 4. The molecule has 0 bridgehead atoms. The number of carbonyl (C=O) groups excluding carboxylic acids is 3. The molecule has 0 aromatic heterocycles. The van der Waals surface area contributed by atoms with E-state index < -0.39 is 17.4 Å². The Morgan fingerprint density at radius 1 is 1.15 bits per heavy atom. The van der Waals surface area contributed by atoms with E-state index >= 15 is 0 Å². The lowest BCUT2D eigenvalue weighted by molar-refractivity contribution is -0.135. The molecule has 2 amide bonds. The Labute approximate surface area is 157 Å². The van der Waals surface area contributed by atoms with E-state index in [0.29, 0.717) is 19.2 Å².